The maximum absolute atomic E-state index is 3.77. The van der Waals surface area contributed by atoms with Crippen molar-refractivity contribution >= 4 is 6.08 Å². The molecule has 0 heterocycles. The standard InChI is InChI=1S/C15H24N.ClH/c1-5-14-8-10-15(11-9-14)12-13-16(4,6-2)7-3;/h5,8-11H,1,6-7,12-13H2,2-4H3;1H/q+1;/p-1. The summed E-state index contributed by atoms with van der Waals surface area (Å²) < 4.78 is 1.16. The largest absolute Gasteiger partial charge is 1.00 e. The van der Waals surface area contributed by atoms with Crippen LogP contribution < -0.4 is 12.4 Å². The molecule has 1 aromatic carbocycles. The lowest BCUT2D eigenvalue weighted by atomic mass is 10.1. The molecule has 1 aromatic rings. The summed E-state index contributed by atoms with van der Waals surface area (Å²) in [5.74, 6) is 0. The Morgan fingerprint density at radius 3 is 2.06 bits per heavy atom. The minimum Gasteiger partial charge on any atom is -1.00 e. The van der Waals surface area contributed by atoms with E-state index in [0.717, 1.165) is 10.9 Å². The maximum Gasteiger partial charge on any atom is 0.0825 e. The van der Waals surface area contributed by atoms with Crippen molar-refractivity contribution in [3.63, 3.8) is 0 Å². The molecule has 0 bridgehead atoms. The Morgan fingerprint density at radius 2 is 1.65 bits per heavy atom. The monoisotopic (exact) mass is 253 g/mol. The molecule has 0 spiro atoms. The highest BCUT2D eigenvalue weighted by molar-refractivity contribution is 5.47. The Morgan fingerprint density at radius 1 is 1.12 bits per heavy atom. The molecular formula is C15H24ClN. The minimum atomic E-state index is 0. The first-order valence-electron chi connectivity index (χ1n) is 6.18. The number of hydrogen-bond acceptors (Lipinski definition) is 0. The topological polar surface area (TPSA) is 0 Å². The predicted octanol–water partition coefficient (Wildman–Crippen LogP) is 0.363. The van der Waals surface area contributed by atoms with Crippen molar-refractivity contribution in [2.45, 2.75) is 20.3 Å². The van der Waals surface area contributed by atoms with E-state index in [-0.39, 0.29) is 12.4 Å². The summed E-state index contributed by atoms with van der Waals surface area (Å²) in [6.07, 6.45) is 3.05. The fourth-order valence-electron chi connectivity index (χ4n) is 1.76. The molecule has 2 heteroatoms. The van der Waals surface area contributed by atoms with Gasteiger partial charge in [-0.3, -0.25) is 0 Å². The van der Waals surface area contributed by atoms with Crippen LogP contribution in [0.3, 0.4) is 0 Å². The smallest absolute Gasteiger partial charge is 0.0825 e. The predicted molar refractivity (Wildman–Crippen MR) is 72.4 cm³/mol. The number of likely N-dealkylation sites (N-methyl/N-ethyl adjacent to an activating group) is 1. The van der Waals surface area contributed by atoms with E-state index < -0.39 is 0 Å². The van der Waals surface area contributed by atoms with Gasteiger partial charge in [-0.15, -0.1) is 0 Å². The average Bonchev–Trinajstić information content (AvgIpc) is 2.36. The van der Waals surface area contributed by atoms with Crippen molar-refractivity contribution in [2.24, 2.45) is 0 Å². The molecule has 0 aliphatic carbocycles. The van der Waals surface area contributed by atoms with E-state index in [2.05, 4.69) is 51.7 Å². The second kappa shape index (κ2) is 7.52. The van der Waals surface area contributed by atoms with Crippen LogP contribution in [-0.2, 0) is 6.42 Å². The number of halogens is 1. The van der Waals surface area contributed by atoms with Gasteiger partial charge in [0.25, 0.3) is 0 Å². The van der Waals surface area contributed by atoms with Gasteiger partial charge in [0.05, 0.1) is 26.7 Å². The van der Waals surface area contributed by atoms with Crippen molar-refractivity contribution < 1.29 is 16.9 Å². The van der Waals surface area contributed by atoms with Crippen LogP contribution in [0.2, 0.25) is 0 Å². The maximum atomic E-state index is 3.77. The highest BCUT2D eigenvalue weighted by Gasteiger charge is 2.15. The molecule has 0 unspecified atom stereocenters. The number of quaternary nitrogens is 1. The zero-order valence-electron chi connectivity index (χ0n) is 11.2. The fourth-order valence-corrected chi connectivity index (χ4v) is 1.76. The highest BCUT2D eigenvalue weighted by Crippen LogP contribution is 2.09. The van der Waals surface area contributed by atoms with Crippen LogP contribution in [0.1, 0.15) is 25.0 Å². The summed E-state index contributed by atoms with van der Waals surface area (Å²) in [7, 11) is 2.33. The Kier molecular flexibility index (Phi) is 7.17. The van der Waals surface area contributed by atoms with Crippen molar-refractivity contribution in [2.75, 3.05) is 26.7 Å². The van der Waals surface area contributed by atoms with E-state index >= 15 is 0 Å². The first-order valence-corrected chi connectivity index (χ1v) is 6.18. The molecule has 0 aromatic heterocycles. The summed E-state index contributed by atoms with van der Waals surface area (Å²) in [5, 5.41) is 0. The van der Waals surface area contributed by atoms with E-state index in [1.54, 1.807) is 0 Å². The second-order valence-corrected chi connectivity index (χ2v) is 4.67. The van der Waals surface area contributed by atoms with E-state index in [1.165, 1.54) is 30.8 Å². The van der Waals surface area contributed by atoms with Gasteiger partial charge in [0, 0.05) is 6.42 Å². The van der Waals surface area contributed by atoms with Gasteiger partial charge >= 0.3 is 0 Å². The summed E-state index contributed by atoms with van der Waals surface area (Å²) in [6.45, 7) is 11.9. The van der Waals surface area contributed by atoms with Gasteiger partial charge < -0.3 is 16.9 Å². The van der Waals surface area contributed by atoms with E-state index in [9.17, 15) is 0 Å². The molecule has 0 fully saturated rings. The third kappa shape index (κ3) is 4.93. The number of hydrogen-bond donors (Lipinski definition) is 0. The molecule has 0 radical (unpaired) electrons. The van der Waals surface area contributed by atoms with Crippen molar-refractivity contribution in [3.05, 3.63) is 42.0 Å². The van der Waals surface area contributed by atoms with Crippen molar-refractivity contribution in [3.8, 4) is 0 Å². The lowest BCUT2D eigenvalue weighted by Crippen LogP contribution is -3.00. The summed E-state index contributed by atoms with van der Waals surface area (Å²) in [6, 6.07) is 8.72. The molecule has 0 aliphatic rings. The number of benzene rings is 1. The molecular weight excluding hydrogens is 230 g/mol. The van der Waals surface area contributed by atoms with Crippen LogP contribution in [0.5, 0.6) is 0 Å². The first kappa shape index (κ1) is 16.2. The Bertz CT molecular complexity index is 325. The molecule has 0 saturated heterocycles. The van der Waals surface area contributed by atoms with Crippen molar-refractivity contribution in [1.82, 2.24) is 0 Å². The number of rotatable bonds is 6. The van der Waals surface area contributed by atoms with E-state index in [4.69, 9.17) is 0 Å². The SMILES string of the molecule is C=Cc1ccc(CC[N+](C)(CC)CC)cc1.[Cl-]. The van der Waals surface area contributed by atoms with Gasteiger partial charge in [0.2, 0.25) is 0 Å². The summed E-state index contributed by atoms with van der Waals surface area (Å²) >= 11 is 0. The van der Waals surface area contributed by atoms with Gasteiger partial charge in [0.15, 0.2) is 0 Å². The normalized spacial score (nSPS) is 10.8. The zero-order chi connectivity index (χ0) is 12.0. The second-order valence-electron chi connectivity index (χ2n) is 4.67. The molecule has 1 nitrogen and oxygen atoms in total. The highest BCUT2D eigenvalue weighted by atomic mass is 35.5. The Hall–Kier alpha value is -0.790. The minimum absolute atomic E-state index is 0. The lowest BCUT2D eigenvalue weighted by molar-refractivity contribution is -0.905. The van der Waals surface area contributed by atoms with Crippen LogP contribution in [0.4, 0.5) is 0 Å². The molecule has 0 N–H and O–H groups in total. The quantitative estimate of drug-likeness (QED) is 0.643. The fraction of sp³-hybridized carbons (Fsp3) is 0.467. The molecule has 96 valence electrons. The van der Waals surface area contributed by atoms with Gasteiger partial charge in [-0.05, 0) is 25.0 Å². The van der Waals surface area contributed by atoms with Crippen molar-refractivity contribution in [1.29, 1.82) is 0 Å². The molecule has 0 aliphatic heterocycles. The average molecular weight is 254 g/mol. The van der Waals surface area contributed by atoms with Gasteiger partial charge in [-0.25, -0.2) is 0 Å². The summed E-state index contributed by atoms with van der Waals surface area (Å²) in [5.41, 5.74) is 2.63. The molecule has 1 rings (SSSR count). The van der Waals surface area contributed by atoms with Crippen LogP contribution >= 0.6 is 0 Å². The van der Waals surface area contributed by atoms with E-state index in [1.807, 2.05) is 6.08 Å². The molecule has 0 atom stereocenters. The van der Waals surface area contributed by atoms with Gasteiger partial charge in [-0.1, -0.05) is 36.9 Å². The van der Waals surface area contributed by atoms with Gasteiger partial charge in [0.1, 0.15) is 0 Å². The zero-order valence-corrected chi connectivity index (χ0v) is 12.0. The van der Waals surface area contributed by atoms with Gasteiger partial charge in [-0.2, -0.15) is 0 Å². The van der Waals surface area contributed by atoms with Crippen LogP contribution in [0, 0.1) is 0 Å². The number of nitrogens with zero attached hydrogens (tertiary/aromatic N) is 1. The molecule has 0 saturated carbocycles. The first-order chi connectivity index (χ1) is 7.63. The van der Waals surface area contributed by atoms with E-state index in [0.29, 0.717) is 0 Å². The Labute approximate surface area is 112 Å². The molecule has 17 heavy (non-hydrogen) atoms. The third-order valence-electron chi connectivity index (χ3n) is 3.68. The summed E-state index contributed by atoms with van der Waals surface area (Å²) in [4.78, 5) is 0. The van der Waals surface area contributed by atoms with Crippen LogP contribution in [0.25, 0.3) is 6.08 Å². The third-order valence-corrected chi connectivity index (χ3v) is 3.68. The van der Waals surface area contributed by atoms with Crippen LogP contribution in [0.15, 0.2) is 30.8 Å². The lowest BCUT2D eigenvalue weighted by Gasteiger charge is -2.32. The Balaban J connectivity index is 0.00000256. The van der Waals surface area contributed by atoms with Crippen LogP contribution in [-0.4, -0.2) is 31.2 Å². The molecule has 0 amide bonds.